The lowest BCUT2D eigenvalue weighted by atomic mass is 10.1. The van der Waals surface area contributed by atoms with Crippen LogP contribution in [0.5, 0.6) is 0 Å². The monoisotopic (exact) mass is 901 g/mol. The van der Waals surface area contributed by atoms with Crippen molar-refractivity contribution in [2.75, 3.05) is 13.2 Å². The van der Waals surface area contributed by atoms with Gasteiger partial charge in [0, 0.05) is 19.3 Å². The fraction of sp³-hybridized carbons (Fsp3) is 0.644. The molecule has 0 amide bonds. The fourth-order valence-corrected chi connectivity index (χ4v) is 6.72. The van der Waals surface area contributed by atoms with Gasteiger partial charge in [-0.2, -0.15) is 0 Å². The number of allylic oxidation sites excluding steroid dienone is 18. The van der Waals surface area contributed by atoms with E-state index in [4.69, 9.17) is 14.2 Å². The fourth-order valence-electron chi connectivity index (χ4n) is 6.72. The molecule has 0 aromatic carbocycles. The molecule has 0 radical (unpaired) electrons. The molecule has 0 bridgehead atoms. The average molecular weight is 901 g/mol. The second kappa shape index (κ2) is 52.7. The summed E-state index contributed by atoms with van der Waals surface area (Å²) < 4.78 is 16.7. The minimum absolute atomic E-state index is 0.123. The molecule has 0 unspecified atom stereocenters. The summed E-state index contributed by atoms with van der Waals surface area (Å²) in [7, 11) is 0. The van der Waals surface area contributed by atoms with Gasteiger partial charge in [-0.3, -0.25) is 14.4 Å². The van der Waals surface area contributed by atoms with Crippen molar-refractivity contribution in [1.29, 1.82) is 0 Å². The molecule has 0 aliphatic rings. The van der Waals surface area contributed by atoms with E-state index in [0.29, 0.717) is 19.3 Å². The zero-order valence-electron chi connectivity index (χ0n) is 42.0. The van der Waals surface area contributed by atoms with Crippen molar-refractivity contribution in [2.45, 2.75) is 232 Å². The summed E-state index contributed by atoms with van der Waals surface area (Å²) in [5.74, 6) is -1.06. The van der Waals surface area contributed by atoms with Crippen molar-refractivity contribution >= 4 is 17.9 Å². The standard InChI is InChI=1S/C59H96O6/c1-4-7-10-13-16-19-22-25-27-28-29-30-32-34-37-40-43-46-49-52-58(61)64-55-56(54-63-57(60)51-48-45-42-39-36-33-24-21-18-15-12-9-6-3)65-59(62)53-50-47-44-41-38-35-31-26-23-20-17-14-11-8-5-2/h16-17,19-21,24-27,29-31,34,37-38,41,43,46,56H,4-15,18,22-23,28,32-33,35-36,39-40,42,44-45,47-55H2,1-3H3/b19-16-,20-17-,24-21-,27-25-,30-29-,31-26-,37-34-,41-38-,46-43-/t56-/m0/s1. The second-order valence-electron chi connectivity index (χ2n) is 17.1. The zero-order chi connectivity index (χ0) is 47.2. The van der Waals surface area contributed by atoms with Crippen LogP contribution < -0.4 is 0 Å². The molecule has 0 aromatic heterocycles. The van der Waals surface area contributed by atoms with Crippen molar-refractivity contribution in [3.05, 3.63) is 109 Å². The Balaban J connectivity index is 4.58. The van der Waals surface area contributed by atoms with E-state index in [0.717, 1.165) is 83.5 Å². The van der Waals surface area contributed by atoms with Crippen LogP contribution in [0.15, 0.2) is 109 Å². The lowest BCUT2D eigenvalue weighted by Crippen LogP contribution is -2.30. The van der Waals surface area contributed by atoms with Gasteiger partial charge >= 0.3 is 17.9 Å². The minimum Gasteiger partial charge on any atom is -0.462 e. The second-order valence-corrected chi connectivity index (χ2v) is 17.1. The van der Waals surface area contributed by atoms with E-state index in [9.17, 15) is 14.4 Å². The molecule has 0 heterocycles. The van der Waals surface area contributed by atoms with Gasteiger partial charge in [0.05, 0.1) is 0 Å². The SMILES string of the molecule is CCCCC/C=C\C/C=C\C/C=C\C/C=C\C/C=C\CCC(=O)OC[C@H](COC(=O)CCCCCCC/C=C\CCCCCC)OC(=O)CCCC/C=C\C/C=C\C/C=C\CCCCC. The number of hydrogen-bond donors (Lipinski definition) is 0. The third-order valence-electron chi connectivity index (χ3n) is 10.7. The van der Waals surface area contributed by atoms with Crippen LogP contribution in [0, 0.1) is 0 Å². The maximum absolute atomic E-state index is 12.8. The number of hydrogen-bond acceptors (Lipinski definition) is 6. The van der Waals surface area contributed by atoms with Crippen LogP contribution in [-0.2, 0) is 28.6 Å². The predicted molar refractivity (Wildman–Crippen MR) is 279 cm³/mol. The van der Waals surface area contributed by atoms with Gasteiger partial charge in [-0.05, 0) is 122 Å². The largest absolute Gasteiger partial charge is 0.462 e. The zero-order valence-corrected chi connectivity index (χ0v) is 42.0. The van der Waals surface area contributed by atoms with Gasteiger partial charge in [0.1, 0.15) is 13.2 Å². The topological polar surface area (TPSA) is 78.9 Å². The number of carbonyl (C=O) groups is 3. The molecule has 6 nitrogen and oxygen atoms in total. The normalized spacial score (nSPS) is 13.0. The summed E-state index contributed by atoms with van der Waals surface area (Å²) in [6, 6.07) is 0. The number of unbranched alkanes of at least 4 members (excludes halogenated alkanes) is 17. The molecular weight excluding hydrogens is 805 g/mol. The third kappa shape index (κ3) is 50.9. The summed E-state index contributed by atoms with van der Waals surface area (Å²) in [5, 5.41) is 0. The highest BCUT2D eigenvalue weighted by molar-refractivity contribution is 5.71. The third-order valence-corrected chi connectivity index (χ3v) is 10.7. The Morgan fingerprint density at radius 3 is 1.03 bits per heavy atom. The smallest absolute Gasteiger partial charge is 0.306 e. The van der Waals surface area contributed by atoms with E-state index in [1.165, 1.54) is 89.9 Å². The van der Waals surface area contributed by atoms with Crippen LogP contribution in [0.25, 0.3) is 0 Å². The van der Waals surface area contributed by atoms with E-state index in [1.807, 2.05) is 12.2 Å². The van der Waals surface area contributed by atoms with Crippen molar-refractivity contribution < 1.29 is 28.6 Å². The summed E-state index contributed by atoms with van der Waals surface area (Å²) in [5.41, 5.74) is 0. The van der Waals surface area contributed by atoms with Crippen molar-refractivity contribution in [3.8, 4) is 0 Å². The van der Waals surface area contributed by atoms with E-state index >= 15 is 0 Å². The summed E-state index contributed by atoms with van der Waals surface area (Å²) >= 11 is 0. The van der Waals surface area contributed by atoms with Crippen LogP contribution in [-0.4, -0.2) is 37.2 Å². The molecule has 368 valence electrons. The maximum Gasteiger partial charge on any atom is 0.306 e. The van der Waals surface area contributed by atoms with Crippen molar-refractivity contribution in [3.63, 3.8) is 0 Å². The van der Waals surface area contributed by atoms with Crippen LogP contribution in [0.3, 0.4) is 0 Å². The molecule has 0 saturated heterocycles. The average Bonchev–Trinajstić information content (AvgIpc) is 3.30. The predicted octanol–water partition coefficient (Wildman–Crippen LogP) is 17.5. The minimum atomic E-state index is -0.832. The Labute approximate surface area is 400 Å². The molecule has 1 atom stereocenters. The molecule has 0 fully saturated rings. The Kier molecular flexibility index (Phi) is 49.5. The number of esters is 3. The van der Waals surface area contributed by atoms with Crippen molar-refractivity contribution in [2.24, 2.45) is 0 Å². The van der Waals surface area contributed by atoms with Gasteiger partial charge < -0.3 is 14.2 Å². The first-order chi connectivity index (χ1) is 32.0. The van der Waals surface area contributed by atoms with Gasteiger partial charge in [-0.25, -0.2) is 0 Å². The lowest BCUT2D eigenvalue weighted by Gasteiger charge is -2.18. The van der Waals surface area contributed by atoms with Gasteiger partial charge in [-0.1, -0.05) is 194 Å². The number of rotatable bonds is 46. The van der Waals surface area contributed by atoms with Crippen LogP contribution in [0.1, 0.15) is 226 Å². The van der Waals surface area contributed by atoms with E-state index in [1.54, 1.807) is 0 Å². The highest BCUT2D eigenvalue weighted by atomic mass is 16.6. The Hall–Kier alpha value is -3.93. The van der Waals surface area contributed by atoms with Gasteiger partial charge in [0.25, 0.3) is 0 Å². The first-order valence-electron chi connectivity index (χ1n) is 26.4. The Morgan fingerprint density at radius 1 is 0.308 bits per heavy atom. The molecule has 0 saturated carbocycles. The van der Waals surface area contributed by atoms with Gasteiger partial charge in [-0.15, -0.1) is 0 Å². The van der Waals surface area contributed by atoms with Crippen LogP contribution in [0.2, 0.25) is 0 Å². The molecule has 65 heavy (non-hydrogen) atoms. The summed E-state index contributed by atoms with van der Waals surface area (Å²) in [6.45, 7) is 6.45. The van der Waals surface area contributed by atoms with E-state index < -0.39 is 6.10 Å². The van der Waals surface area contributed by atoms with Crippen molar-refractivity contribution in [1.82, 2.24) is 0 Å². The Morgan fingerprint density at radius 2 is 0.585 bits per heavy atom. The quantitative estimate of drug-likeness (QED) is 0.0262. The van der Waals surface area contributed by atoms with Gasteiger partial charge in [0.15, 0.2) is 6.10 Å². The molecule has 0 rings (SSSR count). The first-order valence-corrected chi connectivity index (χ1v) is 26.4. The van der Waals surface area contributed by atoms with Gasteiger partial charge in [0.2, 0.25) is 0 Å². The lowest BCUT2D eigenvalue weighted by molar-refractivity contribution is -0.166. The summed E-state index contributed by atoms with van der Waals surface area (Å²) in [6.07, 6.45) is 70.8. The maximum atomic E-state index is 12.8. The molecule has 0 spiro atoms. The highest BCUT2D eigenvalue weighted by Gasteiger charge is 2.19. The molecular formula is C59H96O6. The van der Waals surface area contributed by atoms with E-state index in [2.05, 4.69) is 118 Å². The number of ether oxygens (including phenoxy) is 3. The highest BCUT2D eigenvalue weighted by Crippen LogP contribution is 2.12. The molecule has 6 heteroatoms. The Bertz CT molecular complexity index is 1360. The molecule has 0 aliphatic heterocycles. The number of carbonyl (C=O) groups excluding carboxylic acids is 3. The first kappa shape index (κ1) is 61.1. The molecule has 0 aromatic rings. The van der Waals surface area contributed by atoms with Crippen LogP contribution >= 0.6 is 0 Å². The summed E-state index contributed by atoms with van der Waals surface area (Å²) in [4.78, 5) is 38.0. The van der Waals surface area contributed by atoms with Crippen LogP contribution in [0.4, 0.5) is 0 Å². The van der Waals surface area contributed by atoms with E-state index in [-0.39, 0.29) is 44.0 Å². The molecule has 0 N–H and O–H groups in total. The molecule has 0 aliphatic carbocycles.